The van der Waals surface area contributed by atoms with E-state index in [-0.39, 0.29) is 17.1 Å². The van der Waals surface area contributed by atoms with E-state index in [1.54, 1.807) is 6.21 Å². The van der Waals surface area contributed by atoms with Gasteiger partial charge in [0.2, 0.25) is 0 Å². The second-order valence-corrected chi connectivity index (χ2v) is 4.83. The van der Waals surface area contributed by atoms with Crippen LogP contribution in [-0.2, 0) is 0 Å². The van der Waals surface area contributed by atoms with Crippen LogP contribution in [0.25, 0.3) is 5.69 Å². The molecule has 0 bridgehead atoms. The summed E-state index contributed by atoms with van der Waals surface area (Å²) in [4.78, 5) is 14.5. The van der Waals surface area contributed by atoms with Crippen LogP contribution in [0.3, 0.4) is 0 Å². The maximum Gasteiger partial charge on any atom is 0.271 e. The van der Waals surface area contributed by atoms with E-state index in [1.165, 1.54) is 18.2 Å². The van der Waals surface area contributed by atoms with Crippen molar-refractivity contribution in [2.24, 2.45) is 4.99 Å². The number of hydrogen-bond acceptors (Lipinski definition) is 4. The molecule has 0 aliphatic carbocycles. The summed E-state index contributed by atoms with van der Waals surface area (Å²) in [6.07, 6.45) is 3.45. The summed E-state index contributed by atoms with van der Waals surface area (Å²) in [6.45, 7) is 0. The second kappa shape index (κ2) is 6.15. The van der Waals surface area contributed by atoms with Crippen molar-refractivity contribution in [2.45, 2.75) is 0 Å². The van der Waals surface area contributed by atoms with E-state index < -0.39 is 4.92 Å². The molecule has 0 spiro atoms. The minimum absolute atomic E-state index is 0.107. The molecule has 0 unspecified atom stereocenters. The molecule has 1 N–H and O–H groups in total. The fraction of sp³-hybridized carbons (Fsp3) is 0. The number of aromatic nitrogens is 1. The van der Waals surface area contributed by atoms with Crippen LogP contribution in [0.5, 0.6) is 5.75 Å². The van der Waals surface area contributed by atoms with Gasteiger partial charge in [-0.2, -0.15) is 0 Å². The van der Waals surface area contributed by atoms with Gasteiger partial charge in [-0.05, 0) is 30.3 Å². The molecule has 2 aromatic carbocycles. The first-order valence-electron chi connectivity index (χ1n) is 6.89. The zero-order valence-corrected chi connectivity index (χ0v) is 12.0. The number of para-hydroxylation sites is 1. The molecule has 6 nitrogen and oxygen atoms in total. The van der Waals surface area contributed by atoms with Gasteiger partial charge in [0, 0.05) is 24.0 Å². The molecular weight excluding hydrogens is 294 g/mol. The maximum atomic E-state index is 10.8. The molecule has 0 amide bonds. The Labute approximate surface area is 132 Å². The molecule has 0 saturated heterocycles. The van der Waals surface area contributed by atoms with Crippen LogP contribution in [0.1, 0.15) is 5.69 Å². The Hall–Kier alpha value is -3.41. The van der Waals surface area contributed by atoms with Crippen LogP contribution in [-0.4, -0.2) is 20.8 Å². The van der Waals surface area contributed by atoms with E-state index in [0.717, 1.165) is 11.4 Å². The molecule has 1 aromatic heterocycles. The monoisotopic (exact) mass is 307 g/mol. The van der Waals surface area contributed by atoms with Crippen molar-refractivity contribution >= 4 is 17.6 Å². The number of non-ortho nitro benzene ring substituents is 1. The largest absolute Gasteiger partial charge is 0.506 e. The van der Waals surface area contributed by atoms with Crippen molar-refractivity contribution in [1.82, 2.24) is 4.57 Å². The normalized spacial score (nSPS) is 11.0. The predicted octanol–water partition coefficient (Wildman–Crippen LogP) is 3.84. The number of hydrogen-bond donors (Lipinski definition) is 1. The number of nitro groups is 1. The molecular formula is C17H13N3O3. The number of aliphatic imine (C=N–C) groups is 1. The maximum absolute atomic E-state index is 10.8. The van der Waals surface area contributed by atoms with Gasteiger partial charge in [-0.15, -0.1) is 0 Å². The van der Waals surface area contributed by atoms with Crippen LogP contribution in [0.15, 0.2) is 71.9 Å². The topological polar surface area (TPSA) is 80.7 Å². The van der Waals surface area contributed by atoms with Crippen LogP contribution in [0.4, 0.5) is 11.4 Å². The Kier molecular flexibility index (Phi) is 3.88. The average molecular weight is 307 g/mol. The van der Waals surface area contributed by atoms with Gasteiger partial charge in [0.15, 0.2) is 0 Å². The van der Waals surface area contributed by atoms with Crippen molar-refractivity contribution in [2.75, 3.05) is 0 Å². The summed E-state index contributed by atoms with van der Waals surface area (Å²) < 4.78 is 1.93. The number of rotatable bonds is 4. The van der Waals surface area contributed by atoms with Gasteiger partial charge >= 0.3 is 0 Å². The molecule has 23 heavy (non-hydrogen) atoms. The van der Waals surface area contributed by atoms with Gasteiger partial charge in [-0.1, -0.05) is 18.2 Å². The lowest BCUT2D eigenvalue weighted by molar-refractivity contribution is -0.384. The number of nitro benzene ring substituents is 1. The number of phenols is 1. The zero-order valence-electron chi connectivity index (χ0n) is 12.0. The third kappa shape index (κ3) is 3.11. The number of benzene rings is 2. The SMILES string of the molecule is O=[N+]([O-])c1ccc(O)c(N=Cc2cccn2-c2ccccc2)c1. The Morgan fingerprint density at radius 1 is 1.09 bits per heavy atom. The van der Waals surface area contributed by atoms with Gasteiger partial charge in [-0.25, -0.2) is 0 Å². The van der Waals surface area contributed by atoms with Crippen molar-refractivity contribution in [3.63, 3.8) is 0 Å². The summed E-state index contributed by atoms with van der Waals surface area (Å²) in [5, 5.41) is 20.6. The van der Waals surface area contributed by atoms with Gasteiger partial charge in [0.05, 0.1) is 16.8 Å². The lowest BCUT2D eigenvalue weighted by Gasteiger charge is -2.05. The van der Waals surface area contributed by atoms with Gasteiger partial charge in [0.1, 0.15) is 11.4 Å². The van der Waals surface area contributed by atoms with Crippen LogP contribution < -0.4 is 0 Å². The Morgan fingerprint density at radius 3 is 2.61 bits per heavy atom. The Morgan fingerprint density at radius 2 is 1.87 bits per heavy atom. The Balaban J connectivity index is 1.95. The van der Waals surface area contributed by atoms with Crippen LogP contribution in [0, 0.1) is 10.1 Å². The highest BCUT2D eigenvalue weighted by molar-refractivity contribution is 5.82. The molecule has 0 radical (unpaired) electrons. The second-order valence-electron chi connectivity index (χ2n) is 4.83. The third-order valence-electron chi connectivity index (χ3n) is 3.32. The highest BCUT2D eigenvalue weighted by Crippen LogP contribution is 2.30. The number of phenolic OH excluding ortho intramolecular Hbond substituents is 1. The van der Waals surface area contributed by atoms with Gasteiger partial charge in [-0.3, -0.25) is 15.1 Å². The average Bonchev–Trinajstić information content (AvgIpc) is 3.03. The van der Waals surface area contributed by atoms with Crippen LogP contribution >= 0.6 is 0 Å². The third-order valence-corrected chi connectivity index (χ3v) is 3.32. The summed E-state index contributed by atoms with van der Waals surface area (Å²) in [7, 11) is 0. The standard InChI is InChI=1S/C17H13N3O3/c21-17-9-8-14(20(22)23)11-16(17)18-12-15-7-4-10-19(15)13-5-2-1-3-6-13/h1-12,21H. The number of nitrogens with zero attached hydrogens (tertiary/aromatic N) is 3. The summed E-state index contributed by atoms with van der Waals surface area (Å²) in [5.74, 6) is -0.107. The quantitative estimate of drug-likeness (QED) is 0.451. The summed E-state index contributed by atoms with van der Waals surface area (Å²) in [5.41, 5.74) is 1.80. The van der Waals surface area contributed by atoms with Crippen molar-refractivity contribution in [3.8, 4) is 11.4 Å². The molecule has 6 heteroatoms. The fourth-order valence-electron chi connectivity index (χ4n) is 2.19. The lowest BCUT2D eigenvalue weighted by Crippen LogP contribution is -1.97. The first-order chi connectivity index (χ1) is 11.1. The van der Waals surface area contributed by atoms with E-state index in [4.69, 9.17) is 0 Å². The smallest absolute Gasteiger partial charge is 0.271 e. The van der Waals surface area contributed by atoms with Crippen LogP contribution in [0.2, 0.25) is 0 Å². The van der Waals surface area contributed by atoms with E-state index in [1.807, 2.05) is 53.2 Å². The van der Waals surface area contributed by atoms with E-state index in [2.05, 4.69) is 4.99 Å². The van der Waals surface area contributed by atoms with E-state index >= 15 is 0 Å². The molecule has 0 aliphatic rings. The zero-order chi connectivity index (χ0) is 16.2. The van der Waals surface area contributed by atoms with Gasteiger partial charge in [0.25, 0.3) is 5.69 Å². The van der Waals surface area contributed by atoms with Crippen molar-refractivity contribution in [3.05, 3.63) is 82.7 Å². The highest BCUT2D eigenvalue weighted by Gasteiger charge is 2.09. The number of aromatic hydroxyl groups is 1. The van der Waals surface area contributed by atoms with Crippen molar-refractivity contribution in [1.29, 1.82) is 0 Å². The highest BCUT2D eigenvalue weighted by atomic mass is 16.6. The molecule has 0 saturated carbocycles. The van der Waals surface area contributed by atoms with Gasteiger partial charge < -0.3 is 9.67 Å². The minimum Gasteiger partial charge on any atom is -0.506 e. The molecule has 0 aliphatic heterocycles. The van der Waals surface area contributed by atoms with Crippen molar-refractivity contribution < 1.29 is 10.0 Å². The van der Waals surface area contributed by atoms with E-state index in [9.17, 15) is 15.2 Å². The molecule has 1 heterocycles. The predicted molar refractivity (Wildman–Crippen MR) is 87.8 cm³/mol. The van der Waals surface area contributed by atoms with E-state index in [0.29, 0.717) is 0 Å². The molecule has 0 fully saturated rings. The minimum atomic E-state index is -0.523. The molecule has 3 rings (SSSR count). The molecule has 0 atom stereocenters. The fourth-order valence-corrected chi connectivity index (χ4v) is 2.19. The molecule has 114 valence electrons. The first-order valence-corrected chi connectivity index (χ1v) is 6.89. The molecule has 3 aromatic rings. The summed E-state index contributed by atoms with van der Waals surface area (Å²) >= 11 is 0. The Bertz CT molecular complexity index is 870. The summed E-state index contributed by atoms with van der Waals surface area (Å²) in [6, 6.07) is 17.2. The first kappa shape index (κ1) is 14.5. The lowest BCUT2D eigenvalue weighted by atomic mass is 10.2.